The number of hydrogen-bond acceptors (Lipinski definition) is 4. The van der Waals surface area contributed by atoms with E-state index in [1.165, 1.54) is 5.56 Å². The van der Waals surface area contributed by atoms with Crippen molar-refractivity contribution in [1.82, 2.24) is 9.88 Å². The normalized spacial score (nSPS) is 10.6. The fourth-order valence-electron chi connectivity index (χ4n) is 2.08. The summed E-state index contributed by atoms with van der Waals surface area (Å²) in [6.07, 6.45) is 4.48. The number of carbonyl (C=O) groups is 1. The summed E-state index contributed by atoms with van der Waals surface area (Å²) in [5.41, 5.74) is 1.91. The van der Waals surface area contributed by atoms with Crippen molar-refractivity contribution in [3.05, 3.63) is 59.9 Å². The van der Waals surface area contributed by atoms with Gasteiger partial charge in [0.05, 0.1) is 13.7 Å². The average molecular weight is 284 g/mol. The standard InChI is InChI=1S/C17H20N2O2/c1-19(11-8-14-6-9-18-10-7-14)13-17(20)15-4-3-5-16(12-15)21-2/h3-7,9-10,12H,8,11,13H2,1-2H3. The van der Waals surface area contributed by atoms with E-state index in [4.69, 9.17) is 4.74 Å². The molecule has 0 aliphatic carbocycles. The van der Waals surface area contributed by atoms with Gasteiger partial charge in [0.2, 0.25) is 0 Å². The molecule has 0 amide bonds. The average Bonchev–Trinajstić information content (AvgIpc) is 2.54. The molecule has 0 atom stereocenters. The van der Waals surface area contributed by atoms with Crippen molar-refractivity contribution in [3.63, 3.8) is 0 Å². The number of Topliss-reactive ketones (excluding diaryl/α,β-unsaturated/α-hetero) is 1. The van der Waals surface area contributed by atoms with Gasteiger partial charge in [0.1, 0.15) is 5.75 Å². The highest BCUT2D eigenvalue weighted by atomic mass is 16.5. The molecule has 0 N–H and O–H groups in total. The maximum Gasteiger partial charge on any atom is 0.176 e. The van der Waals surface area contributed by atoms with Crippen molar-refractivity contribution in [2.24, 2.45) is 0 Å². The second kappa shape index (κ2) is 7.55. The number of hydrogen-bond donors (Lipinski definition) is 0. The predicted octanol–water partition coefficient (Wildman–Crippen LogP) is 2.45. The Balaban J connectivity index is 1.87. The van der Waals surface area contributed by atoms with Crippen LogP contribution in [0, 0.1) is 0 Å². The first-order chi connectivity index (χ1) is 10.2. The van der Waals surface area contributed by atoms with E-state index in [1.54, 1.807) is 25.6 Å². The van der Waals surface area contributed by atoms with Crippen molar-refractivity contribution in [1.29, 1.82) is 0 Å². The van der Waals surface area contributed by atoms with Crippen LogP contribution in [-0.4, -0.2) is 42.9 Å². The molecule has 0 saturated carbocycles. The minimum atomic E-state index is 0.103. The first-order valence-corrected chi connectivity index (χ1v) is 6.94. The summed E-state index contributed by atoms with van der Waals surface area (Å²) in [5.74, 6) is 0.811. The van der Waals surface area contributed by atoms with Gasteiger partial charge in [-0.05, 0) is 43.3 Å². The second-order valence-corrected chi connectivity index (χ2v) is 5.00. The number of carbonyl (C=O) groups excluding carboxylic acids is 1. The molecule has 1 aromatic heterocycles. The van der Waals surface area contributed by atoms with Gasteiger partial charge < -0.3 is 4.74 Å². The van der Waals surface area contributed by atoms with E-state index in [0.717, 1.165) is 13.0 Å². The van der Waals surface area contributed by atoms with Crippen LogP contribution in [0.4, 0.5) is 0 Å². The molecule has 1 heterocycles. The van der Waals surface area contributed by atoms with Gasteiger partial charge in [-0.1, -0.05) is 12.1 Å². The van der Waals surface area contributed by atoms with Gasteiger partial charge in [-0.25, -0.2) is 0 Å². The molecule has 4 heteroatoms. The summed E-state index contributed by atoms with van der Waals surface area (Å²) in [7, 11) is 3.56. The van der Waals surface area contributed by atoms with Gasteiger partial charge in [-0.3, -0.25) is 14.7 Å². The Hall–Kier alpha value is -2.20. The van der Waals surface area contributed by atoms with E-state index in [0.29, 0.717) is 17.9 Å². The number of pyridine rings is 1. The molecular weight excluding hydrogens is 264 g/mol. The zero-order valence-corrected chi connectivity index (χ0v) is 12.5. The molecule has 0 bridgehead atoms. The third-order valence-corrected chi connectivity index (χ3v) is 3.34. The second-order valence-electron chi connectivity index (χ2n) is 5.00. The number of aromatic nitrogens is 1. The van der Waals surface area contributed by atoms with E-state index in [9.17, 15) is 4.79 Å². The number of ketones is 1. The highest BCUT2D eigenvalue weighted by molar-refractivity contribution is 5.97. The van der Waals surface area contributed by atoms with Gasteiger partial charge in [0.15, 0.2) is 5.78 Å². The topological polar surface area (TPSA) is 42.4 Å². The smallest absolute Gasteiger partial charge is 0.176 e. The molecule has 0 fully saturated rings. The molecule has 0 aliphatic rings. The molecule has 1 aromatic carbocycles. The maximum atomic E-state index is 12.2. The number of methoxy groups -OCH3 is 1. The van der Waals surface area contributed by atoms with E-state index >= 15 is 0 Å². The molecule has 110 valence electrons. The Morgan fingerprint density at radius 2 is 2.00 bits per heavy atom. The molecule has 0 spiro atoms. The maximum absolute atomic E-state index is 12.2. The predicted molar refractivity (Wildman–Crippen MR) is 82.8 cm³/mol. The van der Waals surface area contributed by atoms with Crippen LogP contribution in [0.1, 0.15) is 15.9 Å². The van der Waals surface area contributed by atoms with Crippen molar-refractivity contribution in [2.45, 2.75) is 6.42 Å². The third-order valence-electron chi connectivity index (χ3n) is 3.34. The minimum Gasteiger partial charge on any atom is -0.497 e. The van der Waals surface area contributed by atoms with Crippen LogP contribution in [0.2, 0.25) is 0 Å². The fourth-order valence-corrected chi connectivity index (χ4v) is 2.08. The quantitative estimate of drug-likeness (QED) is 0.732. The van der Waals surface area contributed by atoms with E-state index in [1.807, 2.05) is 42.3 Å². The monoisotopic (exact) mass is 284 g/mol. The lowest BCUT2D eigenvalue weighted by atomic mass is 10.1. The third kappa shape index (κ3) is 4.68. The summed E-state index contributed by atoms with van der Waals surface area (Å²) >= 11 is 0. The lowest BCUT2D eigenvalue weighted by Gasteiger charge is -2.15. The van der Waals surface area contributed by atoms with Crippen LogP contribution in [0.3, 0.4) is 0 Å². The molecule has 0 aliphatic heterocycles. The van der Waals surface area contributed by atoms with Gasteiger partial charge >= 0.3 is 0 Å². The van der Waals surface area contributed by atoms with Crippen LogP contribution < -0.4 is 4.74 Å². The highest BCUT2D eigenvalue weighted by Gasteiger charge is 2.10. The van der Waals surface area contributed by atoms with Crippen molar-refractivity contribution < 1.29 is 9.53 Å². The molecule has 0 saturated heterocycles. The highest BCUT2D eigenvalue weighted by Crippen LogP contribution is 2.13. The summed E-state index contributed by atoms with van der Waals surface area (Å²) in [4.78, 5) is 18.3. The minimum absolute atomic E-state index is 0.103. The fraction of sp³-hybridized carbons (Fsp3) is 0.294. The molecule has 2 aromatic rings. The van der Waals surface area contributed by atoms with Crippen LogP contribution in [0.5, 0.6) is 5.75 Å². The van der Waals surface area contributed by atoms with Crippen molar-refractivity contribution >= 4 is 5.78 Å². The lowest BCUT2D eigenvalue weighted by molar-refractivity contribution is 0.0946. The first kappa shape index (κ1) is 15.2. The number of ether oxygens (including phenoxy) is 1. The van der Waals surface area contributed by atoms with Crippen LogP contribution in [0.25, 0.3) is 0 Å². The van der Waals surface area contributed by atoms with E-state index in [2.05, 4.69) is 4.98 Å². The van der Waals surface area contributed by atoms with Gasteiger partial charge in [-0.15, -0.1) is 0 Å². The molecule has 2 rings (SSSR count). The number of likely N-dealkylation sites (N-methyl/N-ethyl adjacent to an activating group) is 1. The number of nitrogens with zero attached hydrogens (tertiary/aromatic N) is 2. The van der Waals surface area contributed by atoms with E-state index in [-0.39, 0.29) is 5.78 Å². The summed E-state index contributed by atoms with van der Waals surface area (Å²) in [6, 6.07) is 11.3. The Kier molecular flexibility index (Phi) is 5.46. The van der Waals surface area contributed by atoms with Gasteiger partial charge in [-0.2, -0.15) is 0 Å². The van der Waals surface area contributed by atoms with Crippen LogP contribution in [-0.2, 0) is 6.42 Å². The van der Waals surface area contributed by atoms with Crippen LogP contribution in [0.15, 0.2) is 48.8 Å². The number of benzene rings is 1. The van der Waals surface area contributed by atoms with Crippen molar-refractivity contribution in [3.8, 4) is 5.75 Å². The zero-order chi connectivity index (χ0) is 15.1. The lowest BCUT2D eigenvalue weighted by Crippen LogP contribution is -2.28. The van der Waals surface area contributed by atoms with Gasteiger partial charge in [0, 0.05) is 24.5 Å². The van der Waals surface area contributed by atoms with Crippen molar-refractivity contribution in [2.75, 3.05) is 27.2 Å². The van der Waals surface area contributed by atoms with E-state index < -0.39 is 0 Å². The number of rotatable bonds is 7. The molecule has 4 nitrogen and oxygen atoms in total. The molecular formula is C17H20N2O2. The zero-order valence-electron chi connectivity index (χ0n) is 12.5. The molecule has 21 heavy (non-hydrogen) atoms. The molecule has 0 unspecified atom stereocenters. The Labute approximate surface area is 125 Å². The summed E-state index contributed by atoms with van der Waals surface area (Å²) in [6.45, 7) is 1.23. The SMILES string of the molecule is COc1cccc(C(=O)CN(C)CCc2ccncc2)c1. The van der Waals surface area contributed by atoms with Gasteiger partial charge in [0.25, 0.3) is 0 Å². The Bertz CT molecular complexity index is 584. The Morgan fingerprint density at radius 3 is 2.71 bits per heavy atom. The summed E-state index contributed by atoms with van der Waals surface area (Å²) < 4.78 is 5.14. The first-order valence-electron chi connectivity index (χ1n) is 6.94. The Morgan fingerprint density at radius 1 is 1.24 bits per heavy atom. The molecule has 0 radical (unpaired) electrons. The summed E-state index contributed by atoms with van der Waals surface area (Å²) in [5, 5.41) is 0. The van der Waals surface area contributed by atoms with Crippen LogP contribution >= 0.6 is 0 Å². The largest absolute Gasteiger partial charge is 0.497 e.